The number of hydrogen-bond acceptors (Lipinski definition) is 5. The second-order valence-corrected chi connectivity index (χ2v) is 14.7. The molecule has 4 saturated carbocycles. The van der Waals surface area contributed by atoms with E-state index < -0.39 is 0 Å². The number of nitrogens with zero attached hydrogens (tertiary/aromatic N) is 4. The minimum atomic E-state index is -0.0210. The predicted molar refractivity (Wildman–Crippen MR) is 178 cm³/mol. The molecule has 4 aliphatic rings. The van der Waals surface area contributed by atoms with Crippen LogP contribution in [0.3, 0.4) is 0 Å². The lowest BCUT2D eigenvalue weighted by atomic mass is 9.51. The molecule has 0 aliphatic heterocycles. The number of hydrogen-bond donors (Lipinski definition) is 0. The number of carbonyl (C=O) groups excluding carboxylic acids is 2. The average molecular weight is 611 g/mol. The van der Waals surface area contributed by atoms with E-state index >= 15 is 0 Å². The number of anilines is 1. The van der Waals surface area contributed by atoms with E-state index in [-0.39, 0.29) is 34.5 Å². The molecule has 1 aromatic carbocycles. The molecule has 7 nitrogen and oxygen atoms in total. The molecule has 2 bridgehead atoms. The number of aromatic nitrogens is 3. The van der Waals surface area contributed by atoms with Gasteiger partial charge in [-0.25, -0.2) is 4.98 Å². The monoisotopic (exact) mass is 610 g/mol. The maximum atomic E-state index is 14.5. The van der Waals surface area contributed by atoms with E-state index in [1.54, 1.807) is 14.0 Å². The zero-order chi connectivity index (χ0) is 31.8. The number of ether oxygens (including phenoxy) is 1. The molecule has 2 heterocycles. The van der Waals surface area contributed by atoms with Crippen LogP contribution in [0.2, 0.25) is 0 Å². The number of pyridine rings is 1. The Labute approximate surface area is 268 Å². The molecule has 2 aromatic heterocycles. The Morgan fingerprint density at radius 2 is 1.71 bits per heavy atom. The summed E-state index contributed by atoms with van der Waals surface area (Å²) in [5.41, 5.74) is 5.04. The third-order valence-corrected chi connectivity index (χ3v) is 11.4. The molecule has 45 heavy (non-hydrogen) atoms. The number of methoxy groups -OCH3 is 1. The van der Waals surface area contributed by atoms with E-state index in [1.165, 1.54) is 11.1 Å². The number of Topliss-reactive ketones (excluding diaryl/α,β-unsaturated/α-hetero) is 1. The maximum Gasteiger partial charge on any atom is 0.231 e. The summed E-state index contributed by atoms with van der Waals surface area (Å²) in [6, 6.07) is 11.1. The first-order valence-electron chi connectivity index (χ1n) is 17.1. The van der Waals surface area contributed by atoms with Gasteiger partial charge in [-0.1, -0.05) is 12.1 Å². The Morgan fingerprint density at radius 3 is 2.31 bits per heavy atom. The van der Waals surface area contributed by atoms with Crippen LogP contribution >= 0.6 is 0 Å². The molecule has 0 unspecified atom stereocenters. The van der Waals surface area contributed by atoms with Crippen LogP contribution < -0.4 is 9.64 Å². The van der Waals surface area contributed by atoms with Crippen molar-refractivity contribution in [3.05, 3.63) is 60.0 Å². The van der Waals surface area contributed by atoms with Crippen molar-refractivity contribution < 1.29 is 14.3 Å². The highest BCUT2D eigenvalue weighted by Crippen LogP contribution is 2.58. The second-order valence-electron chi connectivity index (χ2n) is 14.7. The Morgan fingerprint density at radius 1 is 1.00 bits per heavy atom. The van der Waals surface area contributed by atoms with Gasteiger partial charge < -0.3 is 9.53 Å². The van der Waals surface area contributed by atoms with Gasteiger partial charge in [0.05, 0.1) is 13.3 Å². The highest BCUT2D eigenvalue weighted by atomic mass is 16.5. The fraction of sp³-hybridized carbons (Fsp3) is 0.579. The zero-order valence-corrected chi connectivity index (χ0v) is 27.8. The molecule has 0 saturated heterocycles. The van der Waals surface area contributed by atoms with Crippen molar-refractivity contribution in [3.8, 4) is 16.9 Å². The van der Waals surface area contributed by atoms with E-state index in [0.717, 1.165) is 93.4 Å². The first-order chi connectivity index (χ1) is 21.6. The molecule has 1 amide bonds. The Hall–Kier alpha value is -3.48. The number of aryl methyl sites for hydroxylation is 1. The quantitative estimate of drug-likeness (QED) is 0.231. The predicted octanol–water partition coefficient (Wildman–Crippen LogP) is 8.25. The maximum absolute atomic E-state index is 14.5. The summed E-state index contributed by atoms with van der Waals surface area (Å²) in [5.74, 6) is 2.55. The minimum Gasteiger partial charge on any atom is -0.496 e. The van der Waals surface area contributed by atoms with Crippen molar-refractivity contribution in [2.24, 2.45) is 17.3 Å². The highest BCUT2D eigenvalue weighted by Gasteiger charge is 2.50. The van der Waals surface area contributed by atoms with Crippen molar-refractivity contribution >= 4 is 17.5 Å². The van der Waals surface area contributed by atoms with Crippen LogP contribution in [-0.4, -0.2) is 40.1 Å². The van der Waals surface area contributed by atoms with Gasteiger partial charge in [0.25, 0.3) is 0 Å². The molecule has 4 fully saturated rings. The second kappa shape index (κ2) is 12.7. The third-order valence-electron chi connectivity index (χ3n) is 11.4. The molecule has 7 rings (SSSR count). The SMILES string of the molecule is COc1ccc(C23CCC(CN(C(=O)C4CCC(CC(C)=O)CC4)c4cc(-c5cnn(C(C)C)c5)ccn4)(CC2)CC3)cc1C. The number of benzene rings is 1. The lowest BCUT2D eigenvalue weighted by molar-refractivity contribution is -0.124. The van der Waals surface area contributed by atoms with Crippen molar-refractivity contribution in [2.75, 3.05) is 18.6 Å². The van der Waals surface area contributed by atoms with Gasteiger partial charge in [-0.05, 0) is 144 Å². The lowest BCUT2D eigenvalue weighted by Gasteiger charge is -2.55. The molecular weight excluding hydrogens is 560 g/mol. The smallest absolute Gasteiger partial charge is 0.231 e. The van der Waals surface area contributed by atoms with Gasteiger partial charge in [0.1, 0.15) is 17.4 Å². The molecular formula is C38H50N4O3. The van der Waals surface area contributed by atoms with E-state index in [4.69, 9.17) is 9.72 Å². The topological polar surface area (TPSA) is 77.3 Å². The highest BCUT2D eigenvalue weighted by molar-refractivity contribution is 5.95. The van der Waals surface area contributed by atoms with Crippen molar-refractivity contribution in [3.63, 3.8) is 0 Å². The molecule has 7 heteroatoms. The van der Waals surface area contributed by atoms with Crippen LogP contribution in [0.1, 0.15) is 109 Å². The first-order valence-corrected chi connectivity index (χ1v) is 17.1. The summed E-state index contributed by atoms with van der Waals surface area (Å²) in [6.07, 6.45) is 16.9. The van der Waals surface area contributed by atoms with Gasteiger partial charge in [0.15, 0.2) is 0 Å². The molecule has 4 aliphatic carbocycles. The molecule has 0 N–H and O–H groups in total. The first kappa shape index (κ1) is 31.5. The summed E-state index contributed by atoms with van der Waals surface area (Å²) >= 11 is 0. The standard InChI is InChI=1S/C38H50N4O3/c1-26(2)42-24-32(23-40-42)31-12-19-39-35(22-31)41(36(44)30-8-6-29(7-9-30)21-28(4)43)25-37-13-16-38(17-14-37,18-15-37)33-10-11-34(45-5)27(3)20-33/h10-12,19-20,22-24,26,29-30H,6-9,13-18,21,25H2,1-5H3. The number of fused-ring (bicyclic) bond motifs is 3. The molecule has 0 atom stereocenters. The summed E-state index contributed by atoms with van der Waals surface area (Å²) in [6.45, 7) is 8.79. The Balaban J connectivity index is 1.25. The van der Waals surface area contributed by atoms with Crippen LogP contribution in [0.4, 0.5) is 5.82 Å². The van der Waals surface area contributed by atoms with Crippen LogP contribution in [0, 0.1) is 24.2 Å². The van der Waals surface area contributed by atoms with Crippen LogP contribution in [0.25, 0.3) is 11.1 Å². The van der Waals surface area contributed by atoms with Crippen molar-refractivity contribution in [2.45, 2.75) is 110 Å². The summed E-state index contributed by atoms with van der Waals surface area (Å²) in [4.78, 5) is 33.1. The van der Waals surface area contributed by atoms with E-state index in [1.807, 2.05) is 23.1 Å². The van der Waals surface area contributed by atoms with E-state index in [0.29, 0.717) is 12.3 Å². The van der Waals surface area contributed by atoms with Crippen LogP contribution in [0.5, 0.6) is 5.75 Å². The normalized spacial score (nSPS) is 26.2. The molecule has 0 radical (unpaired) electrons. The van der Waals surface area contributed by atoms with Gasteiger partial charge in [-0.15, -0.1) is 0 Å². The van der Waals surface area contributed by atoms with Gasteiger partial charge in [-0.3, -0.25) is 14.4 Å². The summed E-state index contributed by atoms with van der Waals surface area (Å²) in [7, 11) is 1.74. The van der Waals surface area contributed by atoms with Gasteiger partial charge in [0.2, 0.25) is 5.91 Å². The van der Waals surface area contributed by atoms with Gasteiger partial charge >= 0.3 is 0 Å². The molecule has 3 aromatic rings. The number of ketones is 1. The lowest BCUT2D eigenvalue weighted by Crippen LogP contribution is -2.52. The zero-order valence-electron chi connectivity index (χ0n) is 27.8. The Bertz CT molecular complexity index is 1510. The summed E-state index contributed by atoms with van der Waals surface area (Å²) < 4.78 is 7.52. The van der Waals surface area contributed by atoms with Crippen molar-refractivity contribution in [1.29, 1.82) is 0 Å². The Kier molecular flexibility index (Phi) is 8.91. The third kappa shape index (κ3) is 6.45. The van der Waals surface area contributed by atoms with E-state index in [9.17, 15) is 9.59 Å². The van der Waals surface area contributed by atoms with E-state index in [2.05, 4.69) is 61.2 Å². The van der Waals surface area contributed by atoms with Crippen molar-refractivity contribution in [1.82, 2.24) is 14.8 Å². The van der Waals surface area contributed by atoms with Crippen LogP contribution in [0.15, 0.2) is 48.9 Å². The number of carbonyl (C=O) groups is 2. The minimum absolute atomic E-state index is 0.0210. The fourth-order valence-electron chi connectivity index (χ4n) is 8.50. The van der Waals surface area contributed by atoms with Gasteiger partial charge in [-0.2, -0.15) is 5.10 Å². The molecule has 240 valence electrons. The average Bonchev–Trinajstić information content (AvgIpc) is 3.56. The van der Waals surface area contributed by atoms with Crippen LogP contribution in [-0.2, 0) is 15.0 Å². The van der Waals surface area contributed by atoms with Gasteiger partial charge in [0, 0.05) is 42.9 Å². The summed E-state index contributed by atoms with van der Waals surface area (Å²) in [5, 5.41) is 4.56. The largest absolute Gasteiger partial charge is 0.496 e. The number of rotatable bonds is 10. The number of amides is 1. The fourth-order valence-corrected chi connectivity index (χ4v) is 8.50. The molecule has 0 spiro atoms.